The highest BCUT2D eigenvalue weighted by atomic mass is 16.5. The fourth-order valence-corrected chi connectivity index (χ4v) is 2.15. The molecule has 3 aromatic rings. The van der Waals surface area contributed by atoms with Gasteiger partial charge in [-0.25, -0.2) is 4.98 Å². The van der Waals surface area contributed by atoms with Crippen molar-refractivity contribution in [2.75, 3.05) is 11.9 Å². The third kappa shape index (κ3) is 2.93. The maximum Gasteiger partial charge on any atom is 0.264 e. The van der Waals surface area contributed by atoms with Crippen LogP contribution in [0.5, 0.6) is 5.75 Å². The van der Waals surface area contributed by atoms with Gasteiger partial charge in [0.2, 0.25) is 5.95 Å². The number of nitrogens with zero attached hydrogens (tertiary/aromatic N) is 2. The number of aryl methyl sites for hydroxylation is 2. The number of anilines is 1. The van der Waals surface area contributed by atoms with Crippen LogP contribution in [0.4, 0.5) is 5.95 Å². The van der Waals surface area contributed by atoms with Crippen LogP contribution in [0.1, 0.15) is 11.1 Å². The van der Waals surface area contributed by atoms with Gasteiger partial charge in [-0.15, -0.1) is 0 Å². The summed E-state index contributed by atoms with van der Waals surface area (Å²) in [5, 5.41) is 2.75. The van der Waals surface area contributed by atoms with E-state index in [1.165, 1.54) is 5.56 Å². The van der Waals surface area contributed by atoms with Crippen LogP contribution in [0, 0.1) is 13.8 Å². The summed E-state index contributed by atoms with van der Waals surface area (Å²) in [5.41, 5.74) is 3.26. The summed E-state index contributed by atoms with van der Waals surface area (Å²) in [4.78, 5) is 16.2. The summed E-state index contributed by atoms with van der Waals surface area (Å²) < 4.78 is 7.33. The first kappa shape index (κ1) is 14.1. The predicted molar refractivity (Wildman–Crippen MR) is 85.2 cm³/mol. The minimum atomic E-state index is -0.241. The van der Waals surface area contributed by atoms with Crippen molar-refractivity contribution in [1.82, 2.24) is 9.38 Å². The van der Waals surface area contributed by atoms with Crippen molar-refractivity contribution >= 4 is 17.4 Å². The molecule has 0 fully saturated rings. The molecule has 5 heteroatoms. The first-order chi connectivity index (χ1) is 10.6. The fraction of sp³-hybridized carbons (Fsp3) is 0.176. The molecule has 0 spiro atoms. The van der Waals surface area contributed by atoms with E-state index in [1.807, 2.05) is 60.8 Å². The Morgan fingerprint density at radius 3 is 2.91 bits per heavy atom. The van der Waals surface area contributed by atoms with E-state index in [0.29, 0.717) is 11.7 Å². The van der Waals surface area contributed by atoms with E-state index in [0.717, 1.165) is 11.1 Å². The van der Waals surface area contributed by atoms with Gasteiger partial charge in [-0.3, -0.25) is 14.5 Å². The van der Waals surface area contributed by atoms with Crippen LogP contribution in [-0.4, -0.2) is 21.9 Å². The van der Waals surface area contributed by atoms with Gasteiger partial charge in [-0.2, -0.15) is 0 Å². The molecule has 3 rings (SSSR count). The van der Waals surface area contributed by atoms with Crippen LogP contribution in [0.3, 0.4) is 0 Å². The Hall–Kier alpha value is -2.82. The number of amides is 1. The maximum absolute atomic E-state index is 12.0. The molecule has 1 amide bonds. The summed E-state index contributed by atoms with van der Waals surface area (Å²) in [6.45, 7) is 4.00. The zero-order valence-corrected chi connectivity index (χ0v) is 12.5. The van der Waals surface area contributed by atoms with E-state index in [4.69, 9.17) is 4.74 Å². The lowest BCUT2D eigenvalue weighted by molar-refractivity contribution is -0.118. The Bertz CT molecular complexity index is 824. The van der Waals surface area contributed by atoms with Gasteiger partial charge < -0.3 is 4.74 Å². The number of pyridine rings is 1. The van der Waals surface area contributed by atoms with Crippen molar-refractivity contribution in [2.45, 2.75) is 13.8 Å². The van der Waals surface area contributed by atoms with Crippen LogP contribution < -0.4 is 10.1 Å². The number of hydrogen-bond acceptors (Lipinski definition) is 3. The molecule has 0 radical (unpaired) electrons. The second kappa shape index (κ2) is 5.89. The monoisotopic (exact) mass is 295 g/mol. The average Bonchev–Trinajstić information content (AvgIpc) is 2.92. The van der Waals surface area contributed by atoms with Gasteiger partial charge in [0.05, 0.1) is 11.7 Å². The molecule has 1 aromatic carbocycles. The Kier molecular flexibility index (Phi) is 3.78. The topological polar surface area (TPSA) is 55.6 Å². The minimum Gasteiger partial charge on any atom is -0.484 e. The van der Waals surface area contributed by atoms with Crippen LogP contribution in [0.2, 0.25) is 0 Å². The average molecular weight is 295 g/mol. The zero-order valence-electron chi connectivity index (χ0n) is 12.5. The van der Waals surface area contributed by atoms with Crippen molar-refractivity contribution in [2.24, 2.45) is 0 Å². The number of ether oxygens (including phenoxy) is 1. The SMILES string of the molecule is Cc1ccc(OCC(=O)Nc2ncc3ccccn23)cc1C. The van der Waals surface area contributed by atoms with E-state index in [2.05, 4.69) is 10.3 Å². The number of benzene rings is 1. The van der Waals surface area contributed by atoms with Gasteiger partial charge in [0.25, 0.3) is 5.91 Å². The second-order valence-electron chi connectivity index (χ2n) is 5.16. The molecule has 1 N–H and O–H groups in total. The number of nitrogens with one attached hydrogen (secondary N) is 1. The van der Waals surface area contributed by atoms with Gasteiger partial charge in [0, 0.05) is 6.20 Å². The lowest BCUT2D eigenvalue weighted by atomic mass is 10.1. The van der Waals surface area contributed by atoms with Gasteiger partial charge in [-0.1, -0.05) is 12.1 Å². The maximum atomic E-state index is 12.0. The van der Waals surface area contributed by atoms with E-state index in [-0.39, 0.29) is 12.5 Å². The quantitative estimate of drug-likeness (QED) is 0.805. The predicted octanol–water partition coefficient (Wildman–Crippen LogP) is 2.97. The lowest BCUT2D eigenvalue weighted by Crippen LogP contribution is -2.21. The smallest absolute Gasteiger partial charge is 0.264 e. The highest BCUT2D eigenvalue weighted by molar-refractivity contribution is 5.90. The molecule has 22 heavy (non-hydrogen) atoms. The van der Waals surface area contributed by atoms with Crippen LogP contribution in [0.25, 0.3) is 5.52 Å². The van der Waals surface area contributed by atoms with Crippen LogP contribution in [-0.2, 0) is 4.79 Å². The third-order valence-corrected chi connectivity index (χ3v) is 3.54. The van der Waals surface area contributed by atoms with E-state index in [1.54, 1.807) is 6.20 Å². The molecule has 5 nitrogen and oxygen atoms in total. The summed E-state index contributed by atoms with van der Waals surface area (Å²) in [5.74, 6) is 0.935. The molecular weight excluding hydrogens is 278 g/mol. The summed E-state index contributed by atoms with van der Waals surface area (Å²) in [7, 11) is 0. The molecule has 2 aromatic heterocycles. The number of carbonyl (C=O) groups excluding carboxylic acids is 1. The molecule has 112 valence electrons. The van der Waals surface area contributed by atoms with E-state index >= 15 is 0 Å². The Balaban J connectivity index is 1.64. The molecule has 2 heterocycles. The van der Waals surface area contributed by atoms with Crippen LogP contribution >= 0.6 is 0 Å². The Morgan fingerprint density at radius 1 is 1.23 bits per heavy atom. The molecule has 0 aliphatic heterocycles. The third-order valence-electron chi connectivity index (χ3n) is 3.54. The van der Waals surface area contributed by atoms with Gasteiger partial charge in [-0.05, 0) is 49.2 Å². The lowest BCUT2D eigenvalue weighted by Gasteiger charge is -2.08. The number of aromatic nitrogens is 2. The first-order valence-electron chi connectivity index (χ1n) is 7.05. The second-order valence-corrected chi connectivity index (χ2v) is 5.16. The first-order valence-corrected chi connectivity index (χ1v) is 7.05. The highest BCUT2D eigenvalue weighted by Gasteiger charge is 2.08. The normalized spacial score (nSPS) is 10.6. The van der Waals surface area contributed by atoms with Crippen LogP contribution in [0.15, 0.2) is 48.8 Å². The summed E-state index contributed by atoms with van der Waals surface area (Å²) in [6, 6.07) is 11.5. The summed E-state index contributed by atoms with van der Waals surface area (Å²) in [6.07, 6.45) is 3.56. The summed E-state index contributed by atoms with van der Waals surface area (Å²) >= 11 is 0. The number of hydrogen-bond donors (Lipinski definition) is 1. The van der Waals surface area contributed by atoms with Crippen molar-refractivity contribution in [3.05, 3.63) is 59.9 Å². The molecular formula is C17H17N3O2. The van der Waals surface area contributed by atoms with Crippen molar-refractivity contribution in [1.29, 1.82) is 0 Å². The standard InChI is InChI=1S/C17H17N3O2/c1-12-6-7-15(9-13(12)2)22-11-16(21)19-17-18-10-14-5-3-4-8-20(14)17/h3-10H,11H2,1-2H3,(H,18,19,21). The van der Waals surface area contributed by atoms with Crippen molar-refractivity contribution in [3.63, 3.8) is 0 Å². The molecule has 0 aliphatic rings. The largest absolute Gasteiger partial charge is 0.484 e. The molecule has 0 bridgehead atoms. The van der Waals surface area contributed by atoms with E-state index < -0.39 is 0 Å². The molecule has 0 unspecified atom stereocenters. The fourth-order valence-electron chi connectivity index (χ4n) is 2.15. The highest BCUT2D eigenvalue weighted by Crippen LogP contribution is 2.16. The number of rotatable bonds is 4. The Morgan fingerprint density at radius 2 is 2.09 bits per heavy atom. The van der Waals surface area contributed by atoms with Gasteiger partial charge in [0.1, 0.15) is 5.75 Å². The molecule has 0 atom stereocenters. The minimum absolute atomic E-state index is 0.0513. The number of fused-ring (bicyclic) bond motifs is 1. The van der Waals surface area contributed by atoms with Gasteiger partial charge in [0.15, 0.2) is 6.61 Å². The number of carbonyl (C=O) groups is 1. The van der Waals surface area contributed by atoms with Crippen molar-refractivity contribution in [3.8, 4) is 5.75 Å². The Labute approximate surface area is 128 Å². The molecule has 0 saturated carbocycles. The molecule has 0 aliphatic carbocycles. The molecule has 0 saturated heterocycles. The van der Waals surface area contributed by atoms with E-state index in [9.17, 15) is 4.79 Å². The number of imidazole rings is 1. The van der Waals surface area contributed by atoms with Gasteiger partial charge >= 0.3 is 0 Å². The van der Waals surface area contributed by atoms with Crippen molar-refractivity contribution < 1.29 is 9.53 Å². The zero-order chi connectivity index (χ0) is 15.5.